The van der Waals surface area contributed by atoms with Crippen molar-refractivity contribution in [2.24, 2.45) is 5.10 Å². The number of furan rings is 1. The SMILES string of the molecule is CCOc1ccc2nc(SCC(=O)NN=Cc3ccc([N+](=O)[O-])o3)sc2c1. The molecule has 0 aliphatic heterocycles. The summed E-state index contributed by atoms with van der Waals surface area (Å²) >= 11 is 2.78. The molecule has 0 aliphatic carbocycles. The van der Waals surface area contributed by atoms with Gasteiger partial charge in [-0.2, -0.15) is 5.10 Å². The van der Waals surface area contributed by atoms with Crippen LogP contribution in [0.25, 0.3) is 10.2 Å². The molecule has 0 saturated carbocycles. The molecule has 0 radical (unpaired) electrons. The molecule has 11 heteroatoms. The first-order valence-electron chi connectivity index (χ1n) is 7.77. The third-order valence-electron chi connectivity index (χ3n) is 3.15. The van der Waals surface area contributed by atoms with Crippen molar-refractivity contribution in [3.8, 4) is 5.75 Å². The van der Waals surface area contributed by atoms with Gasteiger partial charge in [-0.25, -0.2) is 10.4 Å². The zero-order chi connectivity index (χ0) is 19.2. The molecule has 0 unspecified atom stereocenters. The van der Waals surface area contributed by atoms with Crippen molar-refractivity contribution in [3.63, 3.8) is 0 Å². The van der Waals surface area contributed by atoms with Crippen LogP contribution in [0, 0.1) is 10.1 Å². The van der Waals surface area contributed by atoms with Gasteiger partial charge in [0.1, 0.15) is 10.7 Å². The summed E-state index contributed by atoms with van der Waals surface area (Å²) < 4.78 is 12.1. The minimum Gasteiger partial charge on any atom is -0.494 e. The van der Waals surface area contributed by atoms with E-state index in [4.69, 9.17) is 9.15 Å². The number of carbonyl (C=O) groups excluding carboxylic acids is 1. The molecule has 1 aromatic carbocycles. The van der Waals surface area contributed by atoms with Crippen molar-refractivity contribution >= 4 is 51.3 Å². The highest BCUT2D eigenvalue weighted by Gasteiger charge is 2.11. The molecule has 0 spiro atoms. The van der Waals surface area contributed by atoms with Gasteiger partial charge in [0.2, 0.25) is 0 Å². The molecule has 3 aromatic rings. The first-order valence-corrected chi connectivity index (χ1v) is 9.57. The highest BCUT2D eigenvalue weighted by atomic mass is 32.2. The van der Waals surface area contributed by atoms with E-state index in [0.29, 0.717) is 6.61 Å². The van der Waals surface area contributed by atoms with Gasteiger partial charge in [-0.3, -0.25) is 14.9 Å². The van der Waals surface area contributed by atoms with Crippen LogP contribution in [0.1, 0.15) is 12.7 Å². The van der Waals surface area contributed by atoms with Crippen molar-refractivity contribution in [2.45, 2.75) is 11.3 Å². The summed E-state index contributed by atoms with van der Waals surface area (Å²) in [7, 11) is 0. The Hall–Kier alpha value is -2.92. The Morgan fingerprint density at radius 2 is 2.33 bits per heavy atom. The summed E-state index contributed by atoms with van der Waals surface area (Å²) in [6, 6.07) is 8.27. The summed E-state index contributed by atoms with van der Waals surface area (Å²) in [5.41, 5.74) is 3.19. The predicted molar refractivity (Wildman–Crippen MR) is 103 cm³/mol. The number of nitrogens with zero attached hydrogens (tertiary/aromatic N) is 3. The number of hydrazone groups is 1. The Kier molecular flexibility index (Phi) is 6.04. The maximum absolute atomic E-state index is 11.8. The standard InChI is InChI=1S/C16H14N4O5S2/c1-2-24-10-3-5-12-13(7-10)27-16(18-12)26-9-14(21)19-17-8-11-4-6-15(25-11)20(22)23/h3-8H,2,9H2,1H3,(H,19,21). The molecule has 140 valence electrons. The predicted octanol–water partition coefficient (Wildman–Crippen LogP) is 3.44. The Balaban J connectivity index is 1.51. The number of hydrogen-bond donors (Lipinski definition) is 1. The van der Waals surface area contributed by atoms with Crippen LogP contribution in [0.5, 0.6) is 5.75 Å². The van der Waals surface area contributed by atoms with Crippen LogP contribution in [0.2, 0.25) is 0 Å². The number of amides is 1. The third-order valence-corrected chi connectivity index (χ3v) is 5.31. The fourth-order valence-corrected chi connectivity index (χ4v) is 3.93. The minimum absolute atomic E-state index is 0.133. The number of thioether (sulfide) groups is 1. The first kappa shape index (κ1) is 18.9. The number of hydrogen-bond acceptors (Lipinski definition) is 9. The van der Waals surface area contributed by atoms with E-state index < -0.39 is 4.92 Å². The number of carbonyl (C=O) groups is 1. The second-order valence-electron chi connectivity index (χ2n) is 5.06. The number of nitrogens with one attached hydrogen (secondary N) is 1. The Morgan fingerprint density at radius 1 is 1.48 bits per heavy atom. The van der Waals surface area contributed by atoms with Crippen LogP contribution < -0.4 is 10.2 Å². The average molecular weight is 406 g/mol. The number of ether oxygens (including phenoxy) is 1. The molecular formula is C16H14N4O5S2. The van der Waals surface area contributed by atoms with E-state index in [0.717, 1.165) is 20.3 Å². The van der Waals surface area contributed by atoms with Crippen molar-refractivity contribution in [2.75, 3.05) is 12.4 Å². The molecule has 0 saturated heterocycles. The summed E-state index contributed by atoms with van der Waals surface area (Å²) in [4.78, 5) is 26.2. The van der Waals surface area contributed by atoms with E-state index in [-0.39, 0.29) is 23.3 Å². The van der Waals surface area contributed by atoms with Gasteiger partial charge < -0.3 is 9.15 Å². The fourth-order valence-electron chi connectivity index (χ4n) is 2.04. The number of aromatic nitrogens is 1. The first-order chi connectivity index (χ1) is 13.0. The molecule has 1 amide bonds. The highest BCUT2D eigenvalue weighted by Crippen LogP contribution is 2.31. The molecule has 0 aliphatic rings. The summed E-state index contributed by atoms with van der Waals surface area (Å²) in [5, 5.41) is 14.2. The van der Waals surface area contributed by atoms with Crippen molar-refractivity contribution in [1.82, 2.24) is 10.4 Å². The summed E-state index contributed by atoms with van der Waals surface area (Å²) in [5.74, 6) is 0.378. The fraction of sp³-hybridized carbons (Fsp3) is 0.188. The molecule has 9 nitrogen and oxygen atoms in total. The van der Waals surface area contributed by atoms with Gasteiger partial charge in [-0.1, -0.05) is 11.8 Å². The smallest absolute Gasteiger partial charge is 0.433 e. The lowest BCUT2D eigenvalue weighted by molar-refractivity contribution is -0.402. The molecule has 0 bridgehead atoms. The quantitative estimate of drug-likeness (QED) is 0.263. The monoisotopic (exact) mass is 406 g/mol. The second-order valence-corrected chi connectivity index (χ2v) is 7.31. The van der Waals surface area contributed by atoms with Crippen LogP contribution in [-0.2, 0) is 4.79 Å². The van der Waals surface area contributed by atoms with Crippen molar-refractivity contribution in [1.29, 1.82) is 0 Å². The van der Waals surface area contributed by atoms with Gasteiger partial charge >= 0.3 is 5.88 Å². The lowest BCUT2D eigenvalue weighted by Crippen LogP contribution is -2.19. The molecule has 2 heterocycles. The molecular weight excluding hydrogens is 392 g/mol. The Morgan fingerprint density at radius 3 is 3.07 bits per heavy atom. The maximum Gasteiger partial charge on any atom is 0.433 e. The van der Waals surface area contributed by atoms with E-state index in [1.54, 1.807) is 0 Å². The largest absolute Gasteiger partial charge is 0.494 e. The van der Waals surface area contributed by atoms with Gasteiger partial charge in [0.05, 0.1) is 34.9 Å². The number of rotatable bonds is 8. The summed E-state index contributed by atoms with van der Waals surface area (Å²) in [6.45, 7) is 2.52. The zero-order valence-electron chi connectivity index (χ0n) is 14.1. The van der Waals surface area contributed by atoms with Crippen LogP contribution in [0.4, 0.5) is 5.88 Å². The Bertz CT molecular complexity index is 998. The normalized spacial score (nSPS) is 11.1. The van der Waals surface area contributed by atoms with E-state index in [1.165, 1.54) is 41.4 Å². The number of nitro groups is 1. The van der Waals surface area contributed by atoms with E-state index >= 15 is 0 Å². The van der Waals surface area contributed by atoms with Gasteiger partial charge in [-0.15, -0.1) is 11.3 Å². The van der Waals surface area contributed by atoms with Crippen LogP contribution >= 0.6 is 23.1 Å². The van der Waals surface area contributed by atoms with E-state index in [1.807, 2.05) is 25.1 Å². The van der Waals surface area contributed by atoms with E-state index in [2.05, 4.69) is 15.5 Å². The van der Waals surface area contributed by atoms with Crippen molar-refractivity contribution < 1.29 is 18.9 Å². The van der Waals surface area contributed by atoms with Gasteiger partial charge in [-0.05, 0) is 31.2 Å². The van der Waals surface area contributed by atoms with Crippen molar-refractivity contribution in [3.05, 3.63) is 46.2 Å². The Labute approximate surface area is 161 Å². The van der Waals surface area contributed by atoms with Crippen LogP contribution in [-0.4, -0.2) is 34.4 Å². The molecule has 2 aromatic heterocycles. The molecule has 0 atom stereocenters. The number of fused-ring (bicyclic) bond motifs is 1. The lowest BCUT2D eigenvalue weighted by atomic mass is 10.3. The summed E-state index contributed by atoms with van der Waals surface area (Å²) in [6.07, 6.45) is 1.20. The zero-order valence-corrected chi connectivity index (χ0v) is 15.7. The molecule has 0 fully saturated rings. The second kappa shape index (κ2) is 8.64. The average Bonchev–Trinajstić information content (AvgIpc) is 3.26. The van der Waals surface area contributed by atoms with Gasteiger partial charge in [0, 0.05) is 0 Å². The van der Waals surface area contributed by atoms with Gasteiger partial charge in [0.25, 0.3) is 5.91 Å². The van der Waals surface area contributed by atoms with Crippen LogP contribution in [0.15, 0.2) is 44.2 Å². The maximum atomic E-state index is 11.8. The molecule has 3 rings (SSSR count). The number of benzene rings is 1. The van der Waals surface area contributed by atoms with Gasteiger partial charge in [0.15, 0.2) is 10.1 Å². The minimum atomic E-state index is -0.651. The van der Waals surface area contributed by atoms with Crippen LogP contribution in [0.3, 0.4) is 0 Å². The molecule has 27 heavy (non-hydrogen) atoms. The highest BCUT2D eigenvalue weighted by molar-refractivity contribution is 8.01. The number of thiazole rings is 1. The topological polar surface area (TPSA) is 120 Å². The van der Waals surface area contributed by atoms with E-state index in [9.17, 15) is 14.9 Å². The molecule has 1 N–H and O–H groups in total. The lowest BCUT2D eigenvalue weighted by Gasteiger charge is -2.00. The third kappa shape index (κ3) is 5.05.